The predicted molar refractivity (Wildman–Crippen MR) is 46.7 cm³/mol. The van der Waals surface area contributed by atoms with Crippen molar-refractivity contribution >= 4 is 11.8 Å². The lowest BCUT2D eigenvalue weighted by Crippen LogP contribution is -2.44. The van der Waals surface area contributed by atoms with E-state index in [9.17, 15) is 0 Å². The lowest BCUT2D eigenvalue weighted by molar-refractivity contribution is 0.647. The molecule has 1 heterocycles. The molecule has 0 aromatic heterocycles. The van der Waals surface area contributed by atoms with Gasteiger partial charge in [-0.15, -0.1) is 11.8 Å². The molecule has 1 rings (SSSR count). The Balaban J connectivity index is 2.66. The molecule has 0 amide bonds. The minimum Gasteiger partial charge on any atom is -0.372 e. The van der Waals surface area contributed by atoms with Crippen LogP contribution in [0.25, 0.3) is 0 Å². The molecule has 0 bridgehead atoms. The van der Waals surface area contributed by atoms with Gasteiger partial charge in [0.25, 0.3) is 0 Å². The van der Waals surface area contributed by atoms with Crippen LogP contribution in [0.5, 0.6) is 0 Å². The monoisotopic (exact) mass is 156 g/mol. The topological polar surface area (TPSA) is 38.0 Å². The van der Waals surface area contributed by atoms with Crippen molar-refractivity contribution in [2.24, 2.45) is 5.73 Å². The van der Waals surface area contributed by atoms with Crippen molar-refractivity contribution in [3.8, 4) is 0 Å². The molecule has 1 atom stereocenters. The van der Waals surface area contributed by atoms with Gasteiger partial charge in [0.2, 0.25) is 0 Å². The zero-order valence-electron chi connectivity index (χ0n) is 6.00. The van der Waals surface area contributed by atoms with E-state index in [4.69, 9.17) is 5.73 Å². The number of allylic oxidation sites excluding steroid dienone is 2. The fourth-order valence-corrected chi connectivity index (χ4v) is 1.41. The highest BCUT2D eigenvalue weighted by Crippen LogP contribution is 2.21. The smallest absolute Gasteiger partial charge is 0.114 e. The van der Waals surface area contributed by atoms with Crippen LogP contribution in [0.15, 0.2) is 24.4 Å². The summed E-state index contributed by atoms with van der Waals surface area (Å²) in [5.41, 5.74) is 5.58. The normalized spacial score (nSPS) is 30.2. The van der Waals surface area contributed by atoms with Crippen LogP contribution in [0.3, 0.4) is 0 Å². The van der Waals surface area contributed by atoms with Crippen molar-refractivity contribution < 1.29 is 0 Å². The van der Waals surface area contributed by atoms with Crippen molar-refractivity contribution in [2.45, 2.75) is 4.87 Å². The van der Waals surface area contributed by atoms with Crippen LogP contribution in [0.1, 0.15) is 0 Å². The first kappa shape index (κ1) is 7.69. The summed E-state index contributed by atoms with van der Waals surface area (Å²) >= 11 is 1.72. The minimum atomic E-state index is -0.0608. The average molecular weight is 156 g/mol. The van der Waals surface area contributed by atoms with E-state index in [1.807, 2.05) is 24.6 Å². The summed E-state index contributed by atoms with van der Waals surface area (Å²) in [4.78, 5) is -0.0608. The van der Waals surface area contributed by atoms with Crippen LogP contribution < -0.4 is 11.1 Å². The second-order valence-corrected chi connectivity index (χ2v) is 3.30. The lowest BCUT2D eigenvalue weighted by Gasteiger charge is -2.29. The van der Waals surface area contributed by atoms with Gasteiger partial charge in [-0.25, -0.2) is 0 Å². The van der Waals surface area contributed by atoms with E-state index >= 15 is 0 Å². The van der Waals surface area contributed by atoms with Gasteiger partial charge < -0.3 is 11.1 Å². The maximum Gasteiger partial charge on any atom is 0.114 e. The van der Waals surface area contributed by atoms with Gasteiger partial charge in [0.1, 0.15) is 4.87 Å². The van der Waals surface area contributed by atoms with Crippen molar-refractivity contribution in [1.82, 2.24) is 5.32 Å². The number of nitrogens with one attached hydrogen (secondary N) is 1. The summed E-state index contributed by atoms with van der Waals surface area (Å²) in [6.45, 7) is 0.620. The predicted octanol–water partition coefficient (Wildman–Crippen LogP) is 0.678. The lowest BCUT2D eigenvalue weighted by atomic mass is 10.2. The molecule has 2 nitrogen and oxygen atoms in total. The van der Waals surface area contributed by atoms with Gasteiger partial charge in [0.15, 0.2) is 0 Å². The molecule has 0 saturated heterocycles. The molecule has 0 saturated carbocycles. The third-order valence-corrected chi connectivity index (χ3v) is 2.72. The molecule has 1 aliphatic heterocycles. The molecule has 0 aromatic carbocycles. The van der Waals surface area contributed by atoms with Gasteiger partial charge in [-0.3, -0.25) is 0 Å². The molecule has 10 heavy (non-hydrogen) atoms. The molecule has 56 valence electrons. The van der Waals surface area contributed by atoms with E-state index in [1.54, 1.807) is 11.8 Å². The average Bonchev–Trinajstić information content (AvgIpc) is 2.06. The van der Waals surface area contributed by atoms with E-state index in [2.05, 4.69) is 11.4 Å². The van der Waals surface area contributed by atoms with Crippen LogP contribution in [0.4, 0.5) is 0 Å². The first-order valence-electron chi connectivity index (χ1n) is 3.20. The largest absolute Gasteiger partial charge is 0.372 e. The molecule has 0 radical (unpaired) electrons. The van der Waals surface area contributed by atoms with Crippen molar-refractivity contribution in [2.75, 3.05) is 12.8 Å². The fourth-order valence-electron chi connectivity index (χ4n) is 0.841. The quantitative estimate of drug-likeness (QED) is 0.617. The number of rotatable bonds is 2. The van der Waals surface area contributed by atoms with Crippen LogP contribution in [0, 0.1) is 0 Å². The first-order chi connectivity index (χ1) is 4.83. The van der Waals surface area contributed by atoms with Crippen LogP contribution in [0.2, 0.25) is 0 Å². The Morgan fingerprint density at radius 2 is 2.40 bits per heavy atom. The number of hydrogen-bond acceptors (Lipinski definition) is 3. The maximum absolute atomic E-state index is 5.58. The Labute approximate surface area is 65.6 Å². The van der Waals surface area contributed by atoms with Crippen LogP contribution in [-0.4, -0.2) is 17.7 Å². The van der Waals surface area contributed by atoms with Gasteiger partial charge >= 0.3 is 0 Å². The summed E-state index contributed by atoms with van der Waals surface area (Å²) in [5.74, 6) is 0. The van der Waals surface area contributed by atoms with Gasteiger partial charge in [-0.2, -0.15) is 0 Å². The Morgan fingerprint density at radius 1 is 1.60 bits per heavy atom. The van der Waals surface area contributed by atoms with E-state index in [-0.39, 0.29) is 4.87 Å². The molecule has 1 unspecified atom stereocenters. The summed E-state index contributed by atoms with van der Waals surface area (Å²) in [5, 5.41) is 3.20. The second kappa shape index (κ2) is 3.12. The number of hydrogen-bond donors (Lipinski definition) is 2. The molecule has 3 heteroatoms. The molecule has 1 aliphatic rings. The van der Waals surface area contributed by atoms with E-state index in [1.165, 1.54) is 0 Å². The Hall–Kier alpha value is -0.410. The zero-order valence-corrected chi connectivity index (χ0v) is 6.82. The van der Waals surface area contributed by atoms with Crippen molar-refractivity contribution in [3.63, 3.8) is 0 Å². The van der Waals surface area contributed by atoms with Gasteiger partial charge in [-0.05, 0) is 24.6 Å². The highest BCUT2D eigenvalue weighted by atomic mass is 32.2. The van der Waals surface area contributed by atoms with E-state index in [0.29, 0.717) is 6.54 Å². The Bertz CT molecular complexity index is 159. The third kappa shape index (κ3) is 1.36. The minimum absolute atomic E-state index is 0.0608. The van der Waals surface area contributed by atoms with E-state index in [0.717, 1.165) is 0 Å². The van der Waals surface area contributed by atoms with Crippen LogP contribution >= 0.6 is 11.8 Å². The van der Waals surface area contributed by atoms with Gasteiger partial charge in [0.05, 0.1) is 0 Å². The van der Waals surface area contributed by atoms with Crippen molar-refractivity contribution in [1.29, 1.82) is 0 Å². The first-order valence-corrected chi connectivity index (χ1v) is 4.43. The zero-order chi connectivity index (χ0) is 7.45. The second-order valence-electron chi connectivity index (χ2n) is 2.16. The molecule has 0 aromatic rings. The maximum atomic E-state index is 5.58. The van der Waals surface area contributed by atoms with Crippen molar-refractivity contribution in [3.05, 3.63) is 24.4 Å². The number of thioether (sulfide) groups is 1. The fraction of sp³-hybridized carbons (Fsp3) is 0.429. The molecule has 0 fully saturated rings. The van der Waals surface area contributed by atoms with Gasteiger partial charge in [0, 0.05) is 6.54 Å². The molecule has 3 N–H and O–H groups in total. The molecule has 0 spiro atoms. The summed E-state index contributed by atoms with van der Waals surface area (Å²) < 4.78 is 0. The number of nitrogens with two attached hydrogens (primary N) is 1. The Kier molecular flexibility index (Phi) is 2.40. The summed E-state index contributed by atoms with van der Waals surface area (Å²) in [6.07, 6.45) is 10.0. The Morgan fingerprint density at radius 3 is 2.70 bits per heavy atom. The SMILES string of the molecule is CSC1(CN)C=CC=CN1. The standard InChI is InChI=1S/C7H12N2S/c1-10-7(6-8)4-2-3-5-9-7/h2-5,9H,6,8H2,1H3. The number of dihydropyridines is 1. The highest BCUT2D eigenvalue weighted by Gasteiger charge is 2.22. The summed E-state index contributed by atoms with van der Waals surface area (Å²) in [7, 11) is 0. The van der Waals surface area contributed by atoms with Crippen LogP contribution in [-0.2, 0) is 0 Å². The summed E-state index contributed by atoms with van der Waals surface area (Å²) in [6, 6.07) is 0. The molecular formula is C7H12N2S. The highest BCUT2D eigenvalue weighted by molar-refractivity contribution is 8.00. The van der Waals surface area contributed by atoms with Gasteiger partial charge in [-0.1, -0.05) is 6.08 Å². The third-order valence-electron chi connectivity index (χ3n) is 1.57. The molecule has 0 aliphatic carbocycles. The molecular weight excluding hydrogens is 144 g/mol. The van der Waals surface area contributed by atoms with E-state index < -0.39 is 0 Å².